The number of alkyl halides is 6. The Bertz CT molecular complexity index is 1440. The van der Waals surface area contributed by atoms with Gasteiger partial charge in [-0.15, -0.1) is 4.37 Å². The van der Waals surface area contributed by atoms with Crippen molar-refractivity contribution in [3.05, 3.63) is 53.2 Å². The number of nitrogens with zero attached hydrogens (tertiary/aromatic N) is 6. The highest BCUT2D eigenvalue weighted by molar-refractivity contribution is 6.99. The molecule has 0 unspecified atom stereocenters. The largest absolute Gasteiger partial charge is 0.470 e. The number of urea groups is 1. The van der Waals surface area contributed by atoms with E-state index in [1.165, 1.54) is 4.90 Å². The zero-order valence-electron chi connectivity index (χ0n) is 24.2. The normalized spacial score (nSPS) is 14.1. The third-order valence-electron chi connectivity index (χ3n) is 6.88. The molecule has 244 valence electrons. The van der Waals surface area contributed by atoms with Gasteiger partial charge in [0.15, 0.2) is 0 Å². The molecule has 45 heavy (non-hydrogen) atoms. The summed E-state index contributed by atoms with van der Waals surface area (Å²) >= 11 is 0.915. The molecule has 4 rings (SSSR count). The maximum absolute atomic E-state index is 13.2. The van der Waals surface area contributed by atoms with Crippen LogP contribution >= 0.6 is 11.7 Å². The van der Waals surface area contributed by atoms with E-state index < -0.39 is 35.2 Å². The lowest BCUT2D eigenvalue weighted by atomic mass is 10.1. The Morgan fingerprint density at radius 1 is 0.933 bits per heavy atom. The highest BCUT2D eigenvalue weighted by Crippen LogP contribution is 2.37. The lowest BCUT2D eigenvalue weighted by Crippen LogP contribution is -2.50. The Morgan fingerprint density at radius 2 is 1.58 bits per heavy atom. The summed E-state index contributed by atoms with van der Waals surface area (Å²) < 4.78 is 93.4. The lowest BCUT2D eigenvalue weighted by Gasteiger charge is -2.34. The molecule has 0 aliphatic carbocycles. The summed E-state index contributed by atoms with van der Waals surface area (Å²) in [6.07, 6.45) is -8.53. The molecule has 1 aromatic carbocycles. The zero-order chi connectivity index (χ0) is 32.8. The maximum Gasteiger partial charge on any atom is 0.416 e. The van der Waals surface area contributed by atoms with Crippen LogP contribution in [0, 0.1) is 0 Å². The van der Waals surface area contributed by atoms with Crippen molar-refractivity contribution in [3.8, 4) is 5.88 Å². The maximum atomic E-state index is 13.2. The van der Waals surface area contributed by atoms with Crippen LogP contribution in [0.5, 0.6) is 5.88 Å². The summed E-state index contributed by atoms with van der Waals surface area (Å²) in [7, 11) is 0. The molecule has 0 radical (unpaired) electrons. The number of hydrogen-bond donors (Lipinski definition) is 2. The van der Waals surface area contributed by atoms with Crippen LogP contribution in [0.2, 0.25) is 0 Å². The summed E-state index contributed by atoms with van der Waals surface area (Å²) in [5.74, 6) is 0.850. The Kier molecular flexibility index (Phi) is 10.7. The molecule has 2 aromatic heterocycles. The third-order valence-corrected chi connectivity index (χ3v) is 7.38. The molecule has 1 aliphatic rings. The second-order valence-corrected chi connectivity index (χ2v) is 10.5. The van der Waals surface area contributed by atoms with Gasteiger partial charge in [-0.3, -0.25) is 9.69 Å². The molecule has 3 aromatic rings. The molecule has 0 saturated carbocycles. The number of likely N-dealkylation sites (N-methyl/N-ethyl adjacent to an activating group) is 1. The first-order chi connectivity index (χ1) is 21.3. The summed E-state index contributed by atoms with van der Waals surface area (Å²) in [6, 6.07) is 3.47. The molecule has 18 heteroatoms. The van der Waals surface area contributed by atoms with Gasteiger partial charge in [0, 0.05) is 38.1 Å². The fourth-order valence-electron chi connectivity index (χ4n) is 4.43. The molecule has 1 aliphatic heterocycles. The predicted octanol–water partition coefficient (Wildman–Crippen LogP) is 5.18. The van der Waals surface area contributed by atoms with Crippen LogP contribution in [-0.2, 0) is 23.8 Å². The van der Waals surface area contributed by atoms with Gasteiger partial charge in [-0.25, -0.2) is 9.78 Å². The fraction of sp³-hybridized carbons (Fsp3) is 0.444. The summed E-state index contributed by atoms with van der Waals surface area (Å²) in [6.45, 7) is 6.47. The average Bonchev–Trinajstić information content (AvgIpc) is 3.47. The zero-order valence-corrected chi connectivity index (χ0v) is 25.0. The van der Waals surface area contributed by atoms with Crippen LogP contribution < -0.4 is 20.3 Å². The number of amides is 3. The van der Waals surface area contributed by atoms with E-state index in [9.17, 15) is 35.9 Å². The minimum Gasteiger partial charge on any atom is -0.470 e. The number of piperazine rings is 1. The van der Waals surface area contributed by atoms with Gasteiger partial charge in [0.05, 0.1) is 29.4 Å². The van der Waals surface area contributed by atoms with E-state index in [2.05, 4.69) is 24.4 Å². The van der Waals surface area contributed by atoms with Crippen LogP contribution in [0.1, 0.15) is 30.5 Å². The van der Waals surface area contributed by atoms with Gasteiger partial charge in [-0.05, 0) is 49.0 Å². The van der Waals surface area contributed by atoms with Crippen molar-refractivity contribution in [2.45, 2.75) is 32.8 Å². The number of hydrogen-bond acceptors (Lipinski definition) is 9. The minimum atomic E-state index is -5.03. The van der Waals surface area contributed by atoms with Crippen LogP contribution in [0.4, 0.5) is 48.5 Å². The van der Waals surface area contributed by atoms with Crippen molar-refractivity contribution < 1.29 is 40.7 Å². The molecule has 3 amide bonds. The molecular weight excluding hydrogens is 630 g/mol. The van der Waals surface area contributed by atoms with Gasteiger partial charge in [-0.1, -0.05) is 13.8 Å². The van der Waals surface area contributed by atoms with Crippen LogP contribution in [0.25, 0.3) is 0 Å². The van der Waals surface area contributed by atoms with Crippen molar-refractivity contribution in [2.75, 3.05) is 61.3 Å². The number of carbonyl (C=O) groups is 2. The molecule has 1 fully saturated rings. The van der Waals surface area contributed by atoms with Crippen molar-refractivity contribution in [1.82, 2.24) is 23.5 Å². The molecule has 3 heterocycles. The number of pyridine rings is 1. The number of nitrogens with one attached hydrogen (secondary N) is 2. The average molecular weight is 661 g/mol. The van der Waals surface area contributed by atoms with E-state index in [1.54, 1.807) is 23.2 Å². The summed E-state index contributed by atoms with van der Waals surface area (Å²) in [5, 5.41) is 4.92. The Hall–Kier alpha value is -4.19. The summed E-state index contributed by atoms with van der Waals surface area (Å²) in [5.41, 5.74) is -2.95. The Balaban J connectivity index is 1.33. The monoisotopic (exact) mass is 660 g/mol. The number of anilines is 3. The number of benzene rings is 1. The van der Waals surface area contributed by atoms with Crippen molar-refractivity contribution in [3.63, 3.8) is 0 Å². The molecule has 0 bridgehead atoms. The first-order valence-electron chi connectivity index (χ1n) is 13.8. The number of aromatic nitrogens is 3. The van der Waals surface area contributed by atoms with Gasteiger partial charge in [0.1, 0.15) is 12.4 Å². The number of ether oxygens (including phenoxy) is 1. The smallest absolute Gasteiger partial charge is 0.416 e. The van der Waals surface area contributed by atoms with Crippen molar-refractivity contribution in [1.29, 1.82) is 0 Å². The summed E-state index contributed by atoms with van der Waals surface area (Å²) in [4.78, 5) is 34.3. The predicted molar refractivity (Wildman–Crippen MR) is 154 cm³/mol. The SMILES string of the molecule is CCN(CC)CC(=O)Nc1cc(COc2nsnc2N2CCN(C(=O)Nc3cc(C(F)(F)F)cc(C(F)(F)F)c3)CC2)ccn1. The first-order valence-corrected chi connectivity index (χ1v) is 14.5. The number of rotatable bonds is 10. The van der Waals surface area contributed by atoms with E-state index in [0.717, 1.165) is 24.8 Å². The molecule has 0 spiro atoms. The van der Waals surface area contributed by atoms with Crippen molar-refractivity contribution >= 4 is 41.0 Å². The highest BCUT2D eigenvalue weighted by atomic mass is 32.1. The van der Waals surface area contributed by atoms with Crippen LogP contribution in [-0.4, -0.2) is 81.3 Å². The highest BCUT2D eigenvalue weighted by Gasteiger charge is 2.37. The second-order valence-electron chi connectivity index (χ2n) is 9.94. The quantitative estimate of drug-likeness (QED) is 0.286. The number of halogens is 6. The van der Waals surface area contributed by atoms with E-state index >= 15 is 0 Å². The first kappa shape index (κ1) is 33.7. The Labute approximate surface area is 258 Å². The lowest BCUT2D eigenvalue weighted by molar-refractivity contribution is -0.143. The Morgan fingerprint density at radius 3 is 2.18 bits per heavy atom. The van der Waals surface area contributed by atoms with Crippen LogP contribution in [0.15, 0.2) is 36.5 Å². The third kappa shape index (κ3) is 9.16. The van der Waals surface area contributed by atoms with Gasteiger partial charge in [0.25, 0.3) is 5.88 Å². The molecule has 11 nitrogen and oxygen atoms in total. The standard InChI is InChI=1S/C27H30F6N8O3S/c1-3-39(4-2)15-22(42)36-21-11-17(5-6-34-21)16-44-24-23(37-45-38-24)40-7-9-41(10-8-40)25(43)35-20-13-18(26(28,29)30)12-19(14-20)27(31,32)33/h5-6,11-14H,3-4,7-10,15-16H2,1-2H3,(H,35,43)(H,34,36,42). The number of carbonyl (C=O) groups excluding carboxylic acids is 2. The van der Waals surface area contributed by atoms with E-state index in [0.29, 0.717) is 29.3 Å². The van der Waals surface area contributed by atoms with E-state index in [-0.39, 0.29) is 57.2 Å². The molecule has 0 atom stereocenters. The molecule has 1 saturated heterocycles. The molecular formula is C27H30F6N8O3S. The fourth-order valence-corrected chi connectivity index (χ4v) is 4.95. The van der Waals surface area contributed by atoms with E-state index in [4.69, 9.17) is 4.74 Å². The van der Waals surface area contributed by atoms with E-state index in [1.807, 2.05) is 18.7 Å². The topological polar surface area (TPSA) is 116 Å². The van der Waals surface area contributed by atoms with Crippen LogP contribution in [0.3, 0.4) is 0 Å². The van der Waals surface area contributed by atoms with Gasteiger partial charge >= 0.3 is 18.4 Å². The molecule has 2 N–H and O–H groups in total. The minimum absolute atomic E-state index is 0.00403. The van der Waals surface area contributed by atoms with Gasteiger partial charge < -0.3 is 25.2 Å². The van der Waals surface area contributed by atoms with Gasteiger partial charge in [0.2, 0.25) is 11.7 Å². The second kappa shape index (κ2) is 14.3. The van der Waals surface area contributed by atoms with Crippen molar-refractivity contribution in [2.24, 2.45) is 0 Å². The van der Waals surface area contributed by atoms with Gasteiger partial charge in [-0.2, -0.15) is 30.7 Å².